The van der Waals surface area contributed by atoms with E-state index >= 15 is 0 Å². The van der Waals surface area contributed by atoms with E-state index in [4.69, 9.17) is 4.98 Å². The van der Waals surface area contributed by atoms with Gasteiger partial charge in [0, 0.05) is 16.6 Å². The van der Waals surface area contributed by atoms with Crippen molar-refractivity contribution >= 4 is 22.5 Å². The third kappa shape index (κ3) is 3.94. The van der Waals surface area contributed by atoms with Crippen LogP contribution in [0.2, 0.25) is 0 Å². The summed E-state index contributed by atoms with van der Waals surface area (Å²) in [5.74, 6) is -0.504. The minimum atomic E-state index is -0.301. The van der Waals surface area contributed by atoms with Gasteiger partial charge in [-0.05, 0) is 80.4 Å². The Morgan fingerprint density at radius 3 is 2.44 bits per heavy atom. The van der Waals surface area contributed by atoms with Crippen molar-refractivity contribution in [1.82, 2.24) is 14.8 Å². The lowest BCUT2D eigenvalue weighted by Gasteiger charge is -2.12. The zero-order chi connectivity index (χ0) is 23.8. The lowest BCUT2D eigenvalue weighted by Crippen LogP contribution is -2.13. The summed E-state index contributed by atoms with van der Waals surface area (Å²) in [7, 11) is 0. The summed E-state index contributed by atoms with van der Waals surface area (Å²) < 4.78 is 15.1. The number of rotatable bonds is 4. The number of para-hydroxylation sites is 1. The maximum atomic E-state index is 13.4. The molecular formula is C28H23FN4O. The Balaban J connectivity index is 1.58. The quantitative estimate of drug-likeness (QED) is 0.344. The van der Waals surface area contributed by atoms with Crippen LogP contribution >= 0.6 is 0 Å². The smallest absolute Gasteiger partial charge is 0.256 e. The molecule has 0 bridgehead atoms. The largest absolute Gasteiger partial charge is 0.322 e. The molecule has 0 aliphatic rings. The number of carbonyl (C=O) groups excluding carboxylic acids is 1. The second kappa shape index (κ2) is 8.56. The first-order valence-corrected chi connectivity index (χ1v) is 11.0. The van der Waals surface area contributed by atoms with Crippen molar-refractivity contribution in [3.05, 3.63) is 107 Å². The number of aryl methyl sites for hydroxylation is 2. The second-order valence-corrected chi connectivity index (χ2v) is 8.36. The molecule has 5 rings (SSSR count). The van der Waals surface area contributed by atoms with E-state index in [2.05, 4.69) is 10.4 Å². The van der Waals surface area contributed by atoms with E-state index in [0.29, 0.717) is 11.3 Å². The van der Waals surface area contributed by atoms with Crippen LogP contribution in [0, 0.1) is 26.6 Å². The fourth-order valence-corrected chi connectivity index (χ4v) is 4.02. The number of aromatic nitrogens is 3. The zero-order valence-corrected chi connectivity index (χ0v) is 19.1. The molecule has 2 aromatic heterocycles. The number of anilines is 1. The highest BCUT2D eigenvalue weighted by molar-refractivity contribution is 6.13. The first-order chi connectivity index (χ1) is 16.4. The molecule has 5 aromatic rings. The first kappa shape index (κ1) is 21.5. The van der Waals surface area contributed by atoms with Gasteiger partial charge in [0.05, 0.1) is 34.4 Å². The predicted octanol–water partition coefficient (Wildman–Crippen LogP) is 6.40. The number of hydrogen-bond acceptors (Lipinski definition) is 3. The lowest BCUT2D eigenvalue weighted by atomic mass is 10.0. The van der Waals surface area contributed by atoms with Gasteiger partial charge in [-0.3, -0.25) is 4.79 Å². The van der Waals surface area contributed by atoms with Crippen molar-refractivity contribution < 1.29 is 9.18 Å². The van der Waals surface area contributed by atoms with Crippen LogP contribution in [-0.4, -0.2) is 20.7 Å². The maximum absolute atomic E-state index is 13.4. The average molecular weight is 451 g/mol. The van der Waals surface area contributed by atoms with Crippen molar-refractivity contribution in [3.8, 4) is 16.9 Å². The summed E-state index contributed by atoms with van der Waals surface area (Å²) in [6.45, 7) is 5.99. The molecule has 0 saturated heterocycles. The second-order valence-electron chi connectivity index (χ2n) is 8.36. The highest BCUT2D eigenvalue weighted by Crippen LogP contribution is 2.29. The topological polar surface area (TPSA) is 59.8 Å². The number of nitrogens with one attached hydrogen (secondary N) is 1. The van der Waals surface area contributed by atoms with Crippen molar-refractivity contribution in [3.63, 3.8) is 0 Å². The monoisotopic (exact) mass is 450 g/mol. The van der Waals surface area contributed by atoms with Crippen LogP contribution in [0.5, 0.6) is 0 Å². The number of fused-ring (bicyclic) bond motifs is 1. The third-order valence-electron chi connectivity index (χ3n) is 6.08. The van der Waals surface area contributed by atoms with Gasteiger partial charge in [-0.1, -0.05) is 24.3 Å². The van der Waals surface area contributed by atoms with Crippen LogP contribution in [0.15, 0.2) is 79.0 Å². The van der Waals surface area contributed by atoms with E-state index in [-0.39, 0.29) is 11.7 Å². The summed E-state index contributed by atoms with van der Waals surface area (Å²) >= 11 is 0. The average Bonchev–Trinajstić information content (AvgIpc) is 3.22. The molecule has 0 spiro atoms. The molecule has 0 radical (unpaired) electrons. The summed E-state index contributed by atoms with van der Waals surface area (Å²) in [6, 6.07) is 21.4. The number of amides is 1. The Bertz CT molecular complexity index is 1540. The molecule has 3 aromatic carbocycles. The van der Waals surface area contributed by atoms with Crippen LogP contribution in [0.1, 0.15) is 27.2 Å². The minimum absolute atomic E-state index is 0.202. The number of hydrogen-bond donors (Lipinski definition) is 1. The van der Waals surface area contributed by atoms with E-state index < -0.39 is 0 Å². The SMILES string of the molecule is Cc1ccc(NC(=O)c2cc(-c3cnn(-c4ccc(F)cc4)c3C)nc3ccccc23)cc1C. The Morgan fingerprint density at radius 2 is 1.68 bits per heavy atom. The molecule has 1 amide bonds. The number of halogens is 1. The molecule has 0 atom stereocenters. The number of pyridine rings is 1. The minimum Gasteiger partial charge on any atom is -0.322 e. The van der Waals surface area contributed by atoms with Crippen LogP contribution in [0.4, 0.5) is 10.1 Å². The fraction of sp³-hybridized carbons (Fsp3) is 0.107. The molecular weight excluding hydrogens is 427 g/mol. The van der Waals surface area contributed by atoms with E-state index in [1.54, 1.807) is 29.1 Å². The van der Waals surface area contributed by atoms with Gasteiger partial charge in [0.1, 0.15) is 5.82 Å². The van der Waals surface area contributed by atoms with Crippen LogP contribution < -0.4 is 5.32 Å². The molecule has 6 heteroatoms. The number of nitrogens with zero attached hydrogens (tertiary/aromatic N) is 3. The number of carbonyl (C=O) groups is 1. The fourth-order valence-electron chi connectivity index (χ4n) is 4.02. The highest BCUT2D eigenvalue weighted by Gasteiger charge is 2.17. The van der Waals surface area contributed by atoms with Gasteiger partial charge >= 0.3 is 0 Å². The van der Waals surface area contributed by atoms with Crippen LogP contribution in [-0.2, 0) is 0 Å². The zero-order valence-electron chi connectivity index (χ0n) is 19.1. The van der Waals surface area contributed by atoms with Crippen molar-refractivity contribution in [2.24, 2.45) is 0 Å². The van der Waals surface area contributed by atoms with Crippen molar-refractivity contribution in [2.75, 3.05) is 5.32 Å². The van der Waals surface area contributed by atoms with Crippen molar-refractivity contribution in [1.29, 1.82) is 0 Å². The molecule has 0 aliphatic heterocycles. The molecule has 168 valence electrons. The molecule has 0 fully saturated rings. The molecule has 5 nitrogen and oxygen atoms in total. The van der Waals surface area contributed by atoms with Gasteiger partial charge in [0.15, 0.2) is 0 Å². The molecule has 0 saturated carbocycles. The highest BCUT2D eigenvalue weighted by atomic mass is 19.1. The maximum Gasteiger partial charge on any atom is 0.256 e. The molecule has 0 aliphatic carbocycles. The summed E-state index contributed by atoms with van der Waals surface area (Å²) in [4.78, 5) is 18.2. The predicted molar refractivity (Wildman–Crippen MR) is 133 cm³/mol. The van der Waals surface area contributed by atoms with Gasteiger partial charge in [-0.15, -0.1) is 0 Å². The Morgan fingerprint density at radius 1 is 0.912 bits per heavy atom. The summed E-state index contributed by atoms with van der Waals surface area (Å²) in [6.07, 6.45) is 1.72. The molecule has 34 heavy (non-hydrogen) atoms. The van der Waals surface area contributed by atoms with Gasteiger partial charge < -0.3 is 5.32 Å². The summed E-state index contributed by atoms with van der Waals surface area (Å²) in [5, 5.41) is 8.29. The van der Waals surface area contributed by atoms with Gasteiger partial charge in [-0.25, -0.2) is 14.1 Å². The van der Waals surface area contributed by atoms with E-state index in [0.717, 1.165) is 39.1 Å². The Labute approximate surface area is 196 Å². The van der Waals surface area contributed by atoms with E-state index in [1.165, 1.54) is 17.7 Å². The summed E-state index contributed by atoms with van der Waals surface area (Å²) in [5.41, 5.74) is 7.33. The van der Waals surface area contributed by atoms with Crippen LogP contribution in [0.3, 0.4) is 0 Å². The molecule has 1 N–H and O–H groups in total. The Kier molecular flexibility index (Phi) is 5.42. The van der Waals surface area contributed by atoms with Gasteiger partial charge in [0.25, 0.3) is 5.91 Å². The lowest BCUT2D eigenvalue weighted by molar-refractivity contribution is 0.102. The first-order valence-electron chi connectivity index (χ1n) is 11.0. The normalized spacial score (nSPS) is 11.1. The molecule has 2 heterocycles. The molecule has 0 unspecified atom stereocenters. The standard InChI is InChI=1S/C28H23FN4O/c1-17-8-11-21(14-18(17)2)31-28(34)24-15-27(32-26-7-5-4-6-23(24)26)25-16-30-33(19(25)3)22-12-9-20(29)10-13-22/h4-16H,1-3H3,(H,31,34). The van der Waals surface area contributed by atoms with Crippen LogP contribution in [0.25, 0.3) is 27.8 Å². The van der Waals surface area contributed by atoms with Gasteiger partial charge in [0.2, 0.25) is 0 Å². The third-order valence-corrected chi connectivity index (χ3v) is 6.08. The van der Waals surface area contributed by atoms with Gasteiger partial charge in [-0.2, -0.15) is 5.10 Å². The van der Waals surface area contributed by atoms with Crippen molar-refractivity contribution in [2.45, 2.75) is 20.8 Å². The number of benzene rings is 3. The van der Waals surface area contributed by atoms with E-state index in [9.17, 15) is 9.18 Å². The Hall–Kier alpha value is -4.32. The van der Waals surface area contributed by atoms with E-state index in [1.807, 2.05) is 63.2 Å².